The molecule has 1 rings (SSSR count). The highest BCUT2D eigenvalue weighted by Crippen LogP contribution is 2.10. The summed E-state index contributed by atoms with van der Waals surface area (Å²) in [6, 6.07) is 1.58. The molecule has 0 aliphatic rings. The Morgan fingerprint density at radius 3 is 2.50 bits per heavy atom. The van der Waals surface area contributed by atoms with Gasteiger partial charge in [-0.1, -0.05) is 33.6 Å². The lowest BCUT2D eigenvalue weighted by atomic mass is 10.2. The zero-order valence-electron chi connectivity index (χ0n) is 13.1. The summed E-state index contributed by atoms with van der Waals surface area (Å²) in [4.78, 5) is 14.0. The van der Waals surface area contributed by atoms with E-state index in [-0.39, 0.29) is 11.2 Å². The number of aryl methyl sites for hydroxylation is 1. The molecule has 0 radical (unpaired) electrons. The number of nitrogens with zero attached hydrogens (tertiary/aromatic N) is 2. The number of rotatable bonds is 9. The lowest BCUT2D eigenvalue weighted by Crippen LogP contribution is -2.27. The van der Waals surface area contributed by atoms with E-state index in [9.17, 15) is 9.90 Å². The van der Waals surface area contributed by atoms with Gasteiger partial charge in [0.1, 0.15) is 0 Å². The van der Waals surface area contributed by atoms with Crippen molar-refractivity contribution in [1.29, 1.82) is 0 Å². The Kier molecular flexibility index (Phi) is 7.37. The minimum absolute atomic E-state index is 0.151. The Labute approximate surface area is 122 Å². The number of hydrogen-bond donors (Lipinski definition) is 1. The average Bonchev–Trinajstić information content (AvgIpc) is 2.45. The van der Waals surface area contributed by atoms with E-state index in [1.165, 1.54) is 12.8 Å². The van der Waals surface area contributed by atoms with Crippen LogP contribution < -0.4 is 5.43 Å². The molecule has 0 unspecified atom stereocenters. The Morgan fingerprint density at radius 2 is 1.90 bits per heavy atom. The van der Waals surface area contributed by atoms with Gasteiger partial charge >= 0.3 is 0 Å². The van der Waals surface area contributed by atoms with Crippen LogP contribution in [-0.2, 0) is 13.1 Å². The van der Waals surface area contributed by atoms with E-state index in [0.717, 1.165) is 44.7 Å². The molecule has 20 heavy (non-hydrogen) atoms. The Hall–Kier alpha value is -1.29. The summed E-state index contributed by atoms with van der Waals surface area (Å²) >= 11 is 0. The first-order chi connectivity index (χ1) is 9.62. The molecule has 0 amide bonds. The second-order valence-electron chi connectivity index (χ2n) is 5.28. The van der Waals surface area contributed by atoms with Crippen molar-refractivity contribution in [3.05, 3.63) is 28.2 Å². The fourth-order valence-electron chi connectivity index (χ4n) is 2.24. The maximum atomic E-state index is 11.7. The Balaban J connectivity index is 2.89. The van der Waals surface area contributed by atoms with E-state index in [1.54, 1.807) is 12.3 Å². The molecule has 0 aliphatic heterocycles. The van der Waals surface area contributed by atoms with Gasteiger partial charge < -0.3 is 9.67 Å². The van der Waals surface area contributed by atoms with Gasteiger partial charge in [-0.15, -0.1) is 0 Å². The van der Waals surface area contributed by atoms with Gasteiger partial charge in [-0.2, -0.15) is 0 Å². The third-order valence-electron chi connectivity index (χ3n) is 3.61. The zero-order chi connectivity index (χ0) is 15.0. The molecular weight excluding hydrogens is 252 g/mol. The second kappa shape index (κ2) is 8.80. The van der Waals surface area contributed by atoms with E-state index in [1.807, 2.05) is 4.57 Å². The molecule has 0 fully saturated rings. The van der Waals surface area contributed by atoms with Gasteiger partial charge in [-0.3, -0.25) is 9.69 Å². The molecule has 0 saturated carbocycles. The minimum atomic E-state index is -0.278. The molecule has 114 valence electrons. The smallest absolute Gasteiger partial charge is 0.223 e. The average molecular weight is 280 g/mol. The highest BCUT2D eigenvalue weighted by atomic mass is 16.3. The van der Waals surface area contributed by atoms with Crippen molar-refractivity contribution in [2.24, 2.45) is 0 Å². The molecule has 0 spiro atoms. The van der Waals surface area contributed by atoms with Crippen LogP contribution in [0.5, 0.6) is 5.75 Å². The van der Waals surface area contributed by atoms with Crippen molar-refractivity contribution >= 4 is 0 Å². The van der Waals surface area contributed by atoms with Crippen LogP contribution in [0.25, 0.3) is 0 Å². The van der Waals surface area contributed by atoms with Crippen LogP contribution in [0.1, 0.15) is 52.1 Å². The molecule has 1 N–H and O–H groups in total. The quantitative estimate of drug-likeness (QED) is 0.756. The fraction of sp³-hybridized carbons (Fsp3) is 0.688. The summed E-state index contributed by atoms with van der Waals surface area (Å²) in [5.74, 6) is -0.151. The van der Waals surface area contributed by atoms with Crippen LogP contribution in [0.15, 0.2) is 17.1 Å². The highest BCUT2D eigenvalue weighted by molar-refractivity contribution is 5.20. The van der Waals surface area contributed by atoms with E-state index in [4.69, 9.17) is 0 Å². The summed E-state index contributed by atoms with van der Waals surface area (Å²) < 4.78 is 2.02. The summed E-state index contributed by atoms with van der Waals surface area (Å²) in [5.41, 5.74) is 0.721. The number of pyridine rings is 1. The predicted molar refractivity (Wildman–Crippen MR) is 83.1 cm³/mol. The van der Waals surface area contributed by atoms with Gasteiger partial charge in [0.25, 0.3) is 0 Å². The van der Waals surface area contributed by atoms with Gasteiger partial charge in [0, 0.05) is 24.8 Å². The second-order valence-corrected chi connectivity index (χ2v) is 5.28. The first kappa shape index (κ1) is 16.8. The van der Waals surface area contributed by atoms with Crippen molar-refractivity contribution in [2.75, 3.05) is 13.1 Å². The molecule has 1 aromatic heterocycles. The summed E-state index contributed by atoms with van der Waals surface area (Å²) in [7, 11) is 0. The van der Waals surface area contributed by atoms with Gasteiger partial charge in [0.05, 0.1) is 6.20 Å². The standard InChI is InChI=1S/C16H28N2O2/c1-4-7-9-17(6-3)12-14-11-15(19)16(20)13-18(14)10-8-5-2/h11,13,20H,4-10,12H2,1-3H3. The zero-order valence-corrected chi connectivity index (χ0v) is 13.1. The van der Waals surface area contributed by atoms with Crippen molar-refractivity contribution in [3.63, 3.8) is 0 Å². The number of aromatic hydroxyl groups is 1. The monoisotopic (exact) mass is 280 g/mol. The number of aromatic nitrogens is 1. The molecule has 4 nitrogen and oxygen atoms in total. The highest BCUT2D eigenvalue weighted by Gasteiger charge is 2.09. The summed E-state index contributed by atoms with van der Waals surface area (Å²) in [5, 5.41) is 9.61. The van der Waals surface area contributed by atoms with Crippen LogP contribution in [-0.4, -0.2) is 27.7 Å². The third-order valence-corrected chi connectivity index (χ3v) is 3.61. The lowest BCUT2D eigenvalue weighted by molar-refractivity contribution is 0.266. The van der Waals surface area contributed by atoms with Crippen LogP contribution >= 0.6 is 0 Å². The lowest BCUT2D eigenvalue weighted by Gasteiger charge is -2.23. The largest absolute Gasteiger partial charge is 0.503 e. The van der Waals surface area contributed by atoms with Crippen LogP contribution in [0.3, 0.4) is 0 Å². The van der Waals surface area contributed by atoms with E-state index >= 15 is 0 Å². The summed E-state index contributed by atoms with van der Waals surface area (Å²) in [6.07, 6.45) is 6.08. The molecular formula is C16H28N2O2. The number of unbranched alkanes of at least 4 members (excludes halogenated alkanes) is 2. The van der Waals surface area contributed by atoms with E-state index < -0.39 is 0 Å². The van der Waals surface area contributed by atoms with Crippen molar-refractivity contribution in [1.82, 2.24) is 9.47 Å². The van der Waals surface area contributed by atoms with Crippen LogP contribution in [0, 0.1) is 0 Å². The molecule has 1 aromatic rings. The topological polar surface area (TPSA) is 45.5 Å². The SMILES string of the molecule is CCCCN(CC)Cc1cc(=O)c(O)cn1CCCC. The summed E-state index contributed by atoms with van der Waals surface area (Å²) in [6.45, 7) is 10.1. The van der Waals surface area contributed by atoms with Crippen LogP contribution in [0.4, 0.5) is 0 Å². The first-order valence-corrected chi connectivity index (χ1v) is 7.77. The normalized spacial score (nSPS) is 11.2. The van der Waals surface area contributed by atoms with E-state index in [2.05, 4.69) is 25.7 Å². The Morgan fingerprint density at radius 1 is 1.20 bits per heavy atom. The van der Waals surface area contributed by atoms with Crippen molar-refractivity contribution in [3.8, 4) is 5.75 Å². The van der Waals surface area contributed by atoms with Gasteiger partial charge in [0.15, 0.2) is 5.75 Å². The molecule has 0 saturated heterocycles. The first-order valence-electron chi connectivity index (χ1n) is 7.77. The van der Waals surface area contributed by atoms with Crippen LogP contribution in [0.2, 0.25) is 0 Å². The minimum Gasteiger partial charge on any atom is -0.503 e. The van der Waals surface area contributed by atoms with E-state index in [0.29, 0.717) is 0 Å². The molecule has 0 aliphatic carbocycles. The molecule has 0 bridgehead atoms. The van der Waals surface area contributed by atoms with Gasteiger partial charge in [-0.25, -0.2) is 0 Å². The Bertz CT molecular complexity index is 454. The third kappa shape index (κ3) is 5.00. The van der Waals surface area contributed by atoms with Gasteiger partial charge in [-0.05, 0) is 25.9 Å². The van der Waals surface area contributed by atoms with Gasteiger partial charge in [0.2, 0.25) is 5.43 Å². The number of hydrogen-bond acceptors (Lipinski definition) is 3. The molecule has 0 atom stereocenters. The molecule has 0 aromatic carbocycles. The van der Waals surface area contributed by atoms with Crippen molar-refractivity contribution in [2.45, 2.75) is 59.5 Å². The fourth-order valence-corrected chi connectivity index (χ4v) is 2.24. The molecule has 4 heteroatoms. The maximum Gasteiger partial charge on any atom is 0.223 e. The molecule has 1 heterocycles. The predicted octanol–water partition coefficient (Wildman–Crippen LogP) is 2.98. The van der Waals surface area contributed by atoms with Crippen molar-refractivity contribution < 1.29 is 5.11 Å². The maximum absolute atomic E-state index is 11.7.